The summed E-state index contributed by atoms with van der Waals surface area (Å²) in [4.78, 5) is 22.8. The van der Waals surface area contributed by atoms with Crippen molar-refractivity contribution in [2.24, 2.45) is 11.7 Å². The number of primary amides is 1. The summed E-state index contributed by atoms with van der Waals surface area (Å²) in [6.07, 6.45) is 9.38. The van der Waals surface area contributed by atoms with Gasteiger partial charge in [-0.1, -0.05) is 6.92 Å². The zero-order valence-corrected chi connectivity index (χ0v) is 17.8. The molecule has 29 heavy (non-hydrogen) atoms. The highest BCUT2D eigenvalue weighted by Crippen LogP contribution is 2.25. The van der Waals surface area contributed by atoms with Crippen LogP contribution in [0.3, 0.4) is 0 Å². The van der Waals surface area contributed by atoms with E-state index < -0.39 is 0 Å². The van der Waals surface area contributed by atoms with Crippen LogP contribution in [-0.2, 0) is 6.42 Å². The first kappa shape index (κ1) is 21.1. The molecule has 0 radical (unpaired) electrons. The van der Waals surface area contributed by atoms with Gasteiger partial charge >= 0.3 is 0 Å². The number of nitrogens with two attached hydrogens (primary N) is 1. The van der Waals surface area contributed by atoms with Crippen molar-refractivity contribution in [3.05, 3.63) is 46.8 Å². The maximum absolute atomic E-state index is 11.5. The number of hydrogen-bond donors (Lipinski definition) is 1. The topological polar surface area (TPSA) is 81.3 Å². The molecule has 1 saturated heterocycles. The fourth-order valence-electron chi connectivity index (χ4n) is 4.07. The number of benzene rings is 1. The normalized spacial score (nSPS) is 14.8. The van der Waals surface area contributed by atoms with Crippen LogP contribution in [0.4, 0.5) is 5.95 Å². The van der Waals surface area contributed by atoms with E-state index in [1.54, 1.807) is 0 Å². The van der Waals surface area contributed by atoms with E-state index in [1.807, 2.05) is 38.4 Å². The summed E-state index contributed by atoms with van der Waals surface area (Å²) in [5, 5.41) is 0. The standard InChI is InChI=1S/C23H32N4O2/c1-4-18-14-25-23(26-15-18)27-9-7-19(8-10-27)6-5-11-29-20-12-16(2)21(22(24)28)17(3)13-20/h12-15,19H,4-11H2,1-3H3,(H2,24,28). The molecule has 2 aromatic rings. The summed E-state index contributed by atoms with van der Waals surface area (Å²) in [6, 6.07) is 3.80. The largest absolute Gasteiger partial charge is 0.494 e. The molecule has 1 aromatic carbocycles. The van der Waals surface area contributed by atoms with Gasteiger partial charge in [0.1, 0.15) is 5.75 Å². The van der Waals surface area contributed by atoms with E-state index in [9.17, 15) is 4.79 Å². The maximum Gasteiger partial charge on any atom is 0.249 e. The van der Waals surface area contributed by atoms with Crippen molar-refractivity contribution in [3.63, 3.8) is 0 Å². The van der Waals surface area contributed by atoms with Crippen LogP contribution in [0.2, 0.25) is 0 Å². The van der Waals surface area contributed by atoms with Crippen molar-refractivity contribution in [2.45, 2.75) is 52.9 Å². The molecule has 1 aliphatic rings. The van der Waals surface area contributed by atoms with Crippen LogP contribution in [0.25, 0.3) is 0 Å². The lowest BCUT2D eigenvalue weighted by Crippen LogP contribution is -2.35. The predicted octanol–water partition coefficient (Wildman–Crippen LogP) is 3.83. The van der Waals surface area contributed by atoms with E-state index in [4.69, 9.17) is 10.5 Å². The van der Waals surface area contributed by atoms with Gasteiger partial charge in [-0.25, -0.2) is 9.97 Å². The highest BCUT2D eigenvalue weighted by Gasteiger charge is 2.20. The Hall–Kier alpha value is -2.63. The second-order valence-corrected chi connectivity index (χ2v) is 7.96. The third kappa shape index (κ3) is 5.46. The molecule has 2 heterocycles. The second-order valence-electron chi connectivity index (χ2n) is 7.96. The van der Waals surface area contributed by atoms with Gasteiger partial charge in [0.25, 0.3) is 0 Å². The minimum Gasteiger partial charge on any atom is -0.494 e. The molecular weight excluding hydrogens is 364 g/mol. The van der Waals surface area contributed by atoms with Crippen molar-refractivity contribution >= 4 is 11.9 Å². The third-order valence-electron chi connectivity index (χ3n) is 5.78. The quantitative estimate of drug-likeness (QED) is 0.686. The molecule has 0 bridgehead atoms. The molecule has 1 aliphatic heterocycles. The van der Waals surface area contributed by atoms with Crippen LogP contribution >= 0.6 is 0 Å². The molecule has 156 valence electrons. The van der Waals surface area contributed by atoms with E-state index in [0.717, 1.165) is 54.7 Å². The highest BCUT2D eigenvalue weighted by atomic mass is 16.5. The van der Waals surface area contributed by atoms with Crippen LogP contribution in [0.5, 0.6) is 5.75 Å². The van der Waals surface area contributed by atoms with Crippen molar-refractivity contribution in [3.8, 4) is 5.75 Å². The molecule has 1 fully saturated rings. The number of carbonyl (C=O) groups is 1. The van der Waals surface area contributed by atoms with Gasteiger partial charge in [0, 0.05) is 31.0 Å². The summed E-state index contributed by atoms with van der Waals surface area (Å²) in [5.41, 5.74) is 8.95. The van der Waals surface area contributed by atoms with Gasteiger partial charge in [0.2, 0.25) is 11.9 Å². The predicted molar refractivity (Wildman–Crippen MR) is 116 cm³/mol. The average molecular weight is 397 g/mol. The zero-order valence-electron chi connectivity index (χ0n) is 17.8. The van der Waals surface area contributed by atoms with Gasteiger partial charge in [0.05, 0.1) is 6.61 Å². The zero-order chi connectivity index (χ0) is 20.8. The van der Waals surface area contributed by atoms with Gasteiger partial charge in [0.15, 0.2) is 0 Å². The Labute approximate surface area is 173 Å². The lowest BCUT2D eigenvalue weighted by atomic mass is 9.92. The summed E-state index contributed by atoms with van der Waals surface area (Å²) in [5.74, 6) is 2.01. The van der Waals surface area contributed by atoms with Crippen LogP contribution in [0.15, 0.2) is 24.5 Å². The summed E-state index contributed by atoms with van der Waals surface area (Å²) in [6.45, 7) is 8.64. The number of carbonyl (C=O) groups excluding carboxylic acids is 1. The number of nitrogens with zero attached hydrogens (tertiary/aromatic N) is 3. The first-order valence-corrected chi connectivity index (χ1v) is 10.6. The van der Waals surface area contributed by atoms with Gasteiger partial charge in [-0.15, -0.1) is 0 Å². The lowest BCUT2D eigenvalue weighted by molar-refractivity contribution is 0.0999. The number of hydrogen-bond acceptors (Lipinski definition) is 5. The molecular formula is C23H32N4O2. The van der Waals surface area contributed by atoms with E-state index in [0.29, 0.717) is 12.2 Å². The van der Waals surface area contributed by atoms with Crippen molar-refractivity contribution in [1.82, 2.24) is 9.97 Å². The molecule has 0 unspecified atom stereocenters. The number of amides is 1. The average Bonchev–Trinajstić information content (AvgIpc) is 2.71. The van der Waals surface area contributed by atoms with Crippen LogP contribution in [0.1, 0.15) is 59.7 Å². The Kier molecular flexibility index (Phi) is 7.07. The van der Waals surface area contributed by atoms with E-state index >= 15 is 0 Å². The Morgan fingerprint density at radius 2 is 1.79 bits per heavy atom. The van der Waals surface area contributed by atoms with Gasteiger partial charge in [-0.2, -0.15) is 0 Å². The molecule has 0 saturated carbocycles. The number of ether oxygens (including phenoxy) is 1. The monoisotopic (exact) mass is 396 g/mol. The van der Waals surface area contributed by atoms with E-state index in [-0.39, 0.29) is 5.91 Å². The minimum absolute atomic E-state index is 0.385. The molecule has 3 rings (SSSR count). The molecule has 6 nitrogen and oxygen atoms in total. The van der Waals surface area contributed by atoms with Crippen LogP contribution in [-0.4, -0.2) is 35.6 Å². The van der Waals surface area contributed by atoms with Crippen LogP contribution < -0.4 is 15.4 Å². The Balaban J connectivity index is 1.40. The summed E-state index contributed by atoms with van der Waals surface area (Å²) < 4.78 is 5.92. The molecule has 1 amide bonds. The number of aryl methyl sites for hydroxylation is 3. The Morgan fingerprint density at radius 1 is 1.17 bits per heavy atom. The molecule has 0 atom stereocenters. The van der Waals surface area contributed by atoms with Gasteiger partial charge < -0.3 is 15.4 Å². The first-order chi connectivity index (χ1) is 14.0. The number of rotatable bonds is 8. The fourth-order valence-corrected chi connectivity index (χ4v) is 4.07. The molecule has 0 spiro atoms. The molecule has 2 N–H and O–H groups in total. The first-order valence-electron chi connectivity index (χ1n) is 10.6. The number of aromatic nitrogens is 2. The number of piperidine rings is 1. The molecule has 6 heteroatoms. The van der Waals surface area contributed by atoms with E-state index in [2.05, 4.69) is 21.8 Å². The smallest absolute Gasteiger partial charge is 0.249 e. The summed E-state index contributed by atoms with van der Waals surface area (Å²) >= 11 is 0. The molecule has 1 aromatic heterocycles. The van der Waals surface area contributed by atoms with Gasteiger partial charge in [-0.05, 0) is 80.7 Å². The van der Waals surface area contributed by atoms with Crippen LogP contribution in [0, 0.1) is 19.8 Å². The molecule has 0 aliphatic carbocycles. The van der Waals surface area contributed by atoms with Gasteiger partial charge in [-0.3, -0.25) is 4.79 Å². The summed E-state index contributed by atoms with van der Waals surface area (Å²) in [7, 11) is 0. The third-order valence-corrected chi connectivity index (χ3v) is 5.78. The Bertz CT molecular complexity index is 804. The second kappa shape index (κ2) is 9.72. The lowest BCUT2D eigenvalue weighted by Gasteiger charge is -2.32. The van der Waals surface area contributed by atoms with Crippen molar-refractivity contribution in [1.29, 1.82) is 0 Å². The van der Waals surface area contributed by atoms with Crippen molar-refractivity contribution in [2.75, 3.05) is 24.6 Å². The fraction of sp³-hybridized carbons (Fsp3) is 0.522. The highest BCUT2D eigenvalue weighted by molar-refractivity contribution is 5.96. The SMILES string of the molecule is CCc1cnc(N2CCC(CCCOc3cc(C)c(C(N)=O)c(C)c3)CC2)nc1. The Morgan fingerprint density at radius 3 is 2.34 bits per heavy atom. The maximum atomic E-state index is 11.5. The number of anilines is 1. The van der Waals surface area contributed by atoms with Crippen molar-refractivity contribution < 1.29 is 9.53 Å². The van der Waals surface area contributed by atoms with E-state index in [1.165, 1.54) is 24.8 Å². The minimum atomic E-state index is -0.385.